The number of aliphatic hydroxyl groups excluding tert-OH is 1. The molecule has 0 heterocycles. The summed E-state index contributed by atoms with van der Waals surface area (Å²) in [5.74, 6) is -0.969. The van der Waals surface area contributed by atoms with E-state index in [1.807, 2.05) is 37.3 Å². The summed E-state index contributed by atoms with van der Waals surface area (Å²) in [4.78, 5) is 42.9. The van der Waals surface area contributed by atoms with Crippen molar-refractivity contribution in [1.29, 1.82) is 0 Å². The predicted molar refractivity (Wildman–Crippen MR) is 227 cm³/mol. The number of phosphoric acid groups is 1. The minimum Gasteiger partial charge on any atom is -0.462 e. The number of carbonyl (C=O) groups excluding carboxylic acids is 2. The summed E-state index contributed by atoms with van der Waals surface area (Å²) in [6, 6.07) is 0. The normalized spacial score (nSPS) is 13.6. The van der Waals surface area contributed by atoms with Crippen LogP contribution in [0.4, 0.5) is 0 Å². The van der Waals surface area contributed by atoms with Crippen LogP contribution in [0.2, 0.25) is 0 Å². The van der Waals surface area contributed by atoms with E-state index in [-0.39, 0.29) is 25.6 Å². The molecule has 0 saturated heterocycles. The minimum absolute atomic E-state index is 0.174. The number of aliphatic hydroxyl groups is 1. The van der Waals surface area contributed by atoms with Crippen LogP contribution in [0.3, 0.4) is 0 Å². The van der Waals surface area contributed by atoms with Gasteiger partial charge in [0.15, 0.2) is 6.10 Å². The summed E-state index contributed by atoms with van der Waals surface area (Å²) in [5.41, 5.74) is 0. The Kier molecular flexibility index (Phi) is 38.3. The third kappa shape index (κ3) is 42.7. The Labute approximate surface area is 335 Å². The molecule has 0 aromatic heterocycles. The molecule has 10 heteroatoms. The molecule has 0 bridgehead atoms. The average Bonchev–Trinajstić information content (AvgIpc) is 3.16. The molecule has 0 fully saturated rings. The van der Waals surface area contributed by atoms with Gasteiger partial charge in [-0.3, -0.25) is 14.1 Å². The van der Waals surface area contributed by atoms with Gasteiger partial charge in [-0.2, -0.15) is 0 Å². The molecule has 0 amide bonds. The lowest BCUT2D eigenvalue weighted by Crippen LogP contribution is -2.29. The molecule has 0 aromatic carbocycles. The Bertz CT molecular complexity index is 1090. The first-order valence-electron chi connectivity index (χ1n) is 21.7. The summed E-state index contributed by atoms with van der Waals surface area (Å²) in [6.45, 7) is 3.32. The third-order valence-corrected chi connectivity index (χ3v) is 9.69. The van der Waals surface area contributed by atoms with Gasteiger partial charge in [0.05, 0.1) is 12.7 Å². The summed E-state index contributed by atoms with van der Waals surface area (Å²) < 4.78 is 26.3. The fraction of sp³-hybridized carbons (Fsp3) is 0.733. The number of carbonyl (C=O) groups is 2. The lowest BCUT2D eigenvalue weighted by molar-refractivity contribution is -0.161. The first-order valence-corrected chi connectivity index (χ1v) is 23.2. The number of ether oxygens (including phenoxy) is 2. The van der Waals surface area contributed by atoms with E-state index in [0.29, 0.717) is 25.7 Å². The van der Waals surface area contributed by atoms with Crippen molar-refractivity contribution in [3.63, 3.8) is 0 Å². The predicted octanol–water partition coefficient (Wildman–Crippen LogP) is 12.3. The van der Waals surface area contributed by atoms with E-state index in [4.69, 9.17) is 19.3 Å². The molecule has 0 saturated carbocycles. The molecule has 9 nitrogen and oxygen atoms in total. The molecular weight excluding hydrogens is 715 g/mol. The maximum Gasteiger partial charge on any atom is 0.469 e. The Morgan fingerprint density at radius 2 is 1.02 bits per heavy atom. The molecule has 2 atom stereocenters. The molecule has 0 aliphatic carbocycles. The second-order valence-electron chi connectivity index (χ2n) is 14.5. The number of phosphoric ester groups is 1. The van der Waals surface area contributed by atoms with Crippen molar-refractivity contribution < 1.29 is 43.0 Å². The van der Waals surface area contributed by atoms with E-state index in [1.165, 1.54) is 96.3 Å². The van der Waals surface area contributed by atoms with Gasteiger partial charge in [0.25, 0.3) is 0 Å². The lowest BCUT2D eigenvalue weighted by Gasteiger charge is -2.18. The van der Waals surface area contributed by atoms with Crippen molar-refractivity contribution in [3.05, 3.63) is 60.8 Å². The summed E-state index contributed by atoms with van der Waals surface area (Å²) >= 11 is 0. The standard InChI is InChI=1S/C45H79O9P/c1-3-5-6-7-8-9-10-11-12-13-14-15-16-21-24-27-30-33-36-39-45(48)54-43(41-53-55(49,50)51)40-52-44(47)38-35-32-29-26-23-20-18-17-19-22-25-28-31-34-37-42(46)4-2/h18-20,22,26,28-29,31,34,37,42-43,46H,3-17,21,23-25,27,30,32-33,35-36,38-41H2,1-2H3,(H2,49,50,51)/b20-18-,22-19-,29-26-,31-28-,37-34+/t42-,43+/m0/s1. The highest BCUT2D eigenvalue weighted by Crippen LogP contribution is 2.36. The van der Waals surface area contributed by atoms with Crippen LogP contribution < -0.4 is 0 Å². The van der Waals surface area contributed by atoms with Crippen LogP contribution in [0.5, 0.6) is 0 Å². The van der Waals surface area contributed by atoms with Gasteiger partial charge >= 0.3 is 19.8 Å². The maximum atomic E-state index is 12.4. The minimum atomic E-state index is -4.78. The molecule has 0 spiro atoms. The highest BCUT2D eigenvalue weighted by Gasteiger charge is 2.22. The summed E-state index contributed by atoms with van der Waals surface area (Å²) in [7, 11) is -4.78. The van der Waals surface area contributed by atoms with Crippen molar-refractivity contribution in [2.75, 3.05) is 13.2 Å². The maximum absolute atomic E-state index is 12.4. The van der Waals surface area contributed by atoms with Crippen molar-refractivity contribution in [3.8, 4) is 0 Å². The fourth-order valence-electron chi connectivity index (χ4n) is 5.83. The Morgan fingerprint density at radius 1 is 0.564 bits per heavy atom. The monoisotopic (exact) mass is 795 g/mol. The average molecular weight is 795 g/mol. The van der Waals surface area contributed by atoms with E-state index in [0.717, 1.165) is 38.5 Å². The number of allylic oxidation sites excluding steroid dienone is 9. The lowest BCUT2D eigenvalue weighted by atomic mass is 10.0. The van der Waals surface area contributed by atoms with Gasteiger partial charge in [-0.15, -0.1) is 0 Å². The van der Waals surface area contributed by atoms with Crippen LogP contribution in [0, 0.1) is 0 Å². The van der Waals surface area contributed by atoms with Crippen LogP contribution in [0.25, 0.3) is 0 Å². The van der Waals surface area contributed by atoms with Gasteiger partial charge in [-0.1, -0.05) is 190 Å². The van der Waals surface area contributed by atoms with Gasteiger partial charge in [-0.05, 0) is 44.9 Å². The van der Waals surface area contributed by atoms with E-state index < -0.39 is 32.5 Å². The van der Waals surface area contributed by atoms with Crippen LogP contribution in [-0.4, -0.2) is 52.3 Å². The summed E-state index contributed by atoms with van der Waals surface area (Å²) in [6.07, 6.45) is 47.6. The molecule has 0 aliphatic rings. The number of hydrogen-bond donors (Lipinski definition) is 3. The summed E-state index contributed by atoms with van der Waals surface area (Å²) in [5, 5.41) is 9.45. The number of rotatable bonds is 39. The SMILES string of the molecule is CCCCCCCCCCCCCCCCCCCCCC(=O)O[C@H](COC(=O)CCC/C=C\C/C=C\C/C=C\C/C=C\C=C\[C@@H](O)CC)COP(=O)(O)O. The fourth-order valence-corrected chi connectivity index (χ4v) is 6.19. The molecule has 0 aromatic rings. The van der Waals surface area contributed by atoms with Gasteiger partial charge in [0.2, 0.25) is 0 Å². The van der Waals surface area contributed by atoms with Crippen molar-refractivity contribution in [2.45, 2.75) is 199 Å². The van der Waals surface area contributed by atoms with Crippen LogP contribution in [0.1, 0.15) is 187 Å². The molecule has 318 valence electrons. The van der Waals surface area contributed by atoms with E-state index >= 15 is 0 Å². The third-order valence-electron chi connectivity index (χ3n) is 9.21. The van der Waals surface area contributed by atoms with Crippen molar-refractivity contribution in [2.24, 2.45) is 0 Å². The molecule has 55 heavy (non-hydrogen) atoms. The van der Waals surface area contributed by atoms with E-state index in [1.54, 1.807) is 6.08 Å². The smallest absolute Gasteiger partial charge is 0.462 e. The Hall–Kier alpha value is -2.29. The topological polar surface area (TPSA) is 140 Å². The quantitative estimate of drug-likeness (QED) is 0.0182. The van der Waals surface area contributed by atoms with Gasteiger partial charge in [0, 0.05) is 12.8 Å². The highest BCUT2D eigenvalue weighted by atomic mass is 31.2. The number of hydrogen-bond acceptors (Lipinski definition) is 7. The van der Waals surface area contributed by atoms with E-state index in [2.05, 4.69) is 35.8 Å². The number of esters is 2. The van der Waals surface area contributed by atoms with Gasteiger partial charge in [-0.25, -0.2) is 4.57 Å². The second kappa shape index (κ2) is 39.9. The molecule has 0 radical (unpaired) electrons. The first kappa shape index (κ1) is 52.7. The van der Waals surface area contributed by atoms with Gasteiger partial charge in [0.1, 0.15) is 6.61 Å². The van der Waals surface area contributed by atoms with Crippen molar-refractivity contribution >= 4 is 19.8 Å². The second-order valence-corrected chi connectivity index (χ2v) is 15.7. The molecule has 0 unspecified atom stereocenters. The van der Waals surface area contributed by atoms with Crippen LogP contribution in [0.15, 0.2) is 60.8 Å². The van der Waals surface area contributed by atoms with Crippen molar-refractivity contribution in [1.82, 2.24) is 0 Å². The van der Waals surface area contributed by atoms with Gasteiger partial charge < -0.3 is 24.4 Å². The Balaban J connectivity index is 3.99. The Morgan fingerprint density at radius 3 is 1.51 bits per heavy atom. The zero-order chi connectivity index (χ0) is 40.5. The van der Waals surface area contributed by atoms with E-state index in [9.17, 15) is 19.3 Å². The molecule has 0 aliphatic heterocycles. The molecule has 0 rings (SSSR count). The largest absolute Gasteiger partial charge is 0.469 e. The molecule has 3 N–H and O–H groups in total. The first-order chi connectivity index (χ1) is 26.7. The molecular formula is C45H79O9P. The zero-order valence-electron chi connectivity index (χ0n) is 34.7. The zero-order valence-corrected chi connectivity index (χ0v) is 35.6. The number of unbranched alkanes of at least 4 members (excludes halogenated alkanes) is 19. The highest BCUT2D eigenvalue weighted by molar-refractivity contribution is 7.46. The van der Waals surface area contributed by atoms with Crippen LogP contribution in [-0.2, 0) is 28.2 Å². The van der Waals surface area contributed by atoms with Crippen LogP contribution >= 0.6 is 7.82 Å².